The number of nitrogens with one attached hydrogen (secondary N) is 2. The van der Waals surface area contributed by atoms with Crippen LogP contribution in [0.5, 0.6) is 0 Å². The third-order valence-corrected chi connectivity index (χ3v) is 3.83. The number of carbonyl (C=O) groups is 1. The van der Waals surface area contributed by atoms with Crippen molar-refractivity contribution >= 4 is 21.6 Å². The van der Waals surface area contributed by atoms with Crippen molar-refractivity contribution in [3.63, 3.8) is 0 Å². The number of amides is 1. The first kappa shape index (κ1) is 16.5. The largest absolute Gasteiger partial charge is 0.325 e. The fourth-order valence-electron chi connectivity index (χ4n) is 1.36. The molecule has 112 valence electrons. The lowest BCUT2D eigenvalue weighted by Gasteiger charge is -2.07. The van der Waals surface area contributed by atoms with Crippen LogP contribution in [0, 0.1) is 11.6 Å². The van der Waals surface area contributed by atoms with E-state index in [-0.39, 0.29) is 11.4 Å². The van der Waals surface area contributed by atoms with Crippen LogP contribution in [0.2, 0.25) is 0 Å². The number of anilines is 1. The molecule has 1 aromatic rings. The molecule has 0 bridgehead atoms. The molecular formula is C12H16F2N2O3S. The van der Waals surface area contributed by atoms with Crippen molar-refractivity contribution in [2.75, 3.05) is 17.6 Å². The van der Waals surface area contributed by atoms with Gasteiger partial charge in [-0.25, -0.2) is 21.9 Å². The van der Waals surface area contributed by atoms with Gasteiger partial charge in [0.05, 0.1) is 12.3 Å². The summed E-state index contributed by atoms with van der Waals surface area (Å²) in [4.78, 5) is 11.5. The summed E-state index contributed by atoms with van der Waals surface area (Å²) in [7, 11) is -3.49. The Labute approximate surface area is 116 Å². The lowest BCUT2D eigenvalue weighted by Crippen LogP contribution is -2.34. The zero-order valence-electron chi connectivity index (χ0n) is 10.9. The topological polar surface area (TPSA) is 75.3 Å². The molecule has 1 aromatic carbocycles. The molecule has 1 amide bonds. The molecular weight excluding hydrogens is 290 g/mol. The van der Waals surface area contributed by atoms with E-state index < -0.39 is 34.1 Å². The van der Waals surface area contributed by atoms with E-state index in [1.807, 2.05) is 6.92 Å². The molecule has 0 atom stereocenters. The van der Waals surface area contributed by atoms with Gasteiger partial charge in [-0.05, 0) is 18.6 Å². The first-order chi connectivity index (χ1) is 9.34. The van der Waals surface area contributed by atoms with Crippen molar-refractivity contribution in [1.82, 2.24) is 4.72 Å². The van der Waals surface area contributed by atoms with Crippen molar-refractivity contribution in [1.29, 1.82) is 0 Å². The van der Waals surface area contributed by atoms with E-state index in [0.29, 0.717) is 6.42 Å². The van der Waals surface area contributed by atoms with E-state index in [1.165, 1.54) is 6.07 Å². The molecule has 0 unspecified atom stereocenters. The normalized spacial score (nSPS) is 11.3. The highest BCUT2D eigenvalue weighted by Crippen LogP contribution is 2.12. The number of unbranched alkanes of at least 4 members (excludes halogenated alkanes) is 1. The van der Waals surface area contributed by atoms with Gasteiger partial charge < -0.3 is 5.32 Å². The Morgan fingerprint density at radius 1 is 1.25 bits per heavy atom. The molecule has 0 saturated heterocycles. The number of hydrogen-bond acceptors (Lipinski definition) is 3. The van der Waals surface area contributed by atoms with E-state index >= 15 is 0 Å². The summed E-state index contributed by atoms with van der Waals surface area (Å²) < 4.78 is 50.6. The zero-order chi connectivity index (χ0) is 15.2. The third-order valence-electron chi connectivity index (χ3n) is 2.42. The van der Waals surface area contributed by atoms with Gasteiger partial charge in [-0.2, -0.15) is 0 Å². The summed E-state index contributed by atoms with van der Waals surface area (Å²) >= 11 is 0. The second-order valence-electron chi connectivity index (χ2n) is 4.17. The van der Waals surface area contributed by atoms with Crippen molar-refractivity contribution in [2.45, 2.75) is 19.8 Å². The molecule has 20 heavy (non-hydrogen) atoms. The lowest BCUT2D eigenvalue weighted by molar-refractivity contribution is -0.115. The van der Waals surface area contributed by atoms with E-state index in [0.717, 1.165) is 18.6 Å². The molecule has 0 aliphatic carbocycles. The predicted octanol–water partition coefficient (Wildman–Crippen LogP) is 1.62. The summed E-state index contributed by atoms with van der Waals surface area (Å²) in [5.74, 6) is -2.83. The minimum absolute atomic E-state index is 0.0536. The molecule has 0 spiro atoms. The first-order valence-electron chi connectivity index (χ1n) is 6.06. The molecule has 0 aliphatic rings. The number of halogens is 2. The van der Waals surface area contributed by atoms with Gasteiger partial charge in [0.1, 0.15) is 0 Å². The zero-order valence-corrected chi connectivity index (χ0v) is 11.8. The summed E-state index contributed by atoms with van der Waals surface area (Å²) in [6, 6.07) is 2.87. The van der Waals surface area contributed by atoms with E-state index in [4.69, 9.17) is 0 Å². The van der Waals surface area contributed by atoms with Crippen LogP contribution >= 0.6 is 0 Å². The van der Waals surface area contributed by atoms with Crippen LogP contribution in [0.25, 0.3) is 0 Å². The Morgan fingerprint density at radius 3 is 2.55 bits per heavy atom. The quantitative estimate of drug-likeness (QED) is 0.804. The molecule has 8 heteroatoms. The molecule has 5 nitrogen and oxygen atoms in total. The average Bonchev–Trinajstić information content (AvgIpc) is 2.39. The first-order valence-corrected chi connectivity index (χ1v) is 7.71. The van der Waals surface area contributed by atoms with Crippen LogP contribution in [0.4, 0.5) is 14.5 Å². The Morgan fingerprint density at radius 2 is 1.95 bits per heavy atom. The van der Waals surface area contributed by atoms with Crippen LogP contribution in [0.3, 0.4) is 0 Å². The van der Waals surface area contributed by atoms with Gasteiger partial charge in [0.15, 0.2) is 11.6 Å². The van der Waals surface area contributed by atoms with Crippen LogP contribution in [-0.2, 0) is 14.8 Å². The number of hydrogen-bond donors (Lipinski definition) is 2. The van der Waals surface area contributed by atoms with Gasteiger partial charge in [-0.15, -0.1) is 0 Å². The maximum Gasteiger partial charge on any atom is 0.239 e. The fraction of sp³-hybridized carbons (Fsp3) is 0.417. The van der Waals surface area contributed by atoms with Crippen molar-refractivity contribution in [3.05, 3.63) is 29.8 Å². The number of benzene rings is 1. The minimum atomic E-state index is -3.49. The van der Waals surface area contributed by atoms with Crippen molar-refractivity contribution < 1.29 is 22.0 Å². The summed E-state index contributed by atoms with van der Waals surface area (Å²) in [6.07, 6.45) is 1.22. The summed E-state index contributed by atoms with van der Waals surface area (Å²) in [6.45, 7) is 1.40. The van der Waals surface area contributed by atoms with Gasteiger partial charge in [-0.3, -0.25) is 4.79 Å². The van der Waals surface area contributed by atoms with Crippen LogP contribution in [-0.4, -0.2) is 26.6 Å². The minimum Gasteiger partial charge on any atom is -0.325 e. The standard InChI is InChI=1S/C12H16F2N2O3S/c1-2-3-6-20(18,19)15-8-12(17)16-9-4-5-10(13)11(14)7-9/h4-5,7,15H,2-3,6,8H2,1H3,(H,16,17). The maximum absolute atomic E-state index is 12.9. The molecule has 0 heterocycles. The van der Waals surface area contributed by atoms with Crippen LogP contribution < -0.4 is 10.0 Å². The highest BCUT2D eigenvalue weighted by Gasteiger charge is 2.12. The molecule has 0 fully saturated rings. The Bertz CT molecular complexity index is 576. The van der Waals surface area contributed by atoms with Crippen molar-refractivity contribution in [2.24, 2.45) is 0 Å². The number of sulfonamides is 1. The van der Waals surface area contributed by atoms with Crippen LogP contribution in [0.1, 0.15) is 19.8 Å². The third kappa shape index (κ3) is 5.62. The Hall–Kier alpha value is -1.54. The smallest absolute Gasteiger partial charge is 0.239 e. The van der Waals surface area contributed by atoms with Gasteiger partial charge in [0.25, 0.3) is 0 Å². The highest BCUT2D eigenvalue weighted by molar-refractivity contribution is 7.89. The molecule has 0 radical (unpaired) electrons. The summed E-state index contributed by atoms with van der Waals surface area (Å²) in [5, 5.41) is 2.27. The average molecular weight is 306 g/mol. The fourth-order valence-corrected chi connectivity index (χ4v) is 2.53. The van der Waals surface area contributed by atoms with E-state index in [9.17, 15) is 22.0 Å². The summed E-state index contributed by atoms with van der Waals surface area (Å²) in [5.41, 5.74) is 0.0571. The predicted molar refractivity (Wildman–Crippen MR) is 71.7 cm³/mol. The number of carbonyl (C=O) groups excluding carboxylic acids is 1. The van der Waals surface area contributed by atoms with Crippen LogP contribution in [0.15, 0.2) is 18.2 Å². The Balaban J connectivity index is 2.49. The Kier molecular flexibility index (Phi) is 6.03. The second kappa shape index (κ2) is 7.30. The van der Waals surface area contributed by atoms with E-state index in [1.54, 1.807) is 0 Å². The SMILES string of the molecule is CCCCS(=O)(=O)NCC(=O)Nc1ccc(F)c(F)c1. The molecule has 0 aliphatic heterocycles. The molecule has 0 saturated carbocycles. The highest BCUT2D eigenvalue weighted by atomic mass is 32.2. The maximum atomic E-state index is 12.9. The molecule has 1 rings (SSSR count). The second-order valence-corrected chi connectivity index (χ2v) is 6.10. The van der Waals surface area contributed by atoms with Gasteiger partial charge in [0, 0.05) is 11.8 Å². The van der Waals surface area contributed by atoms with Crippen molar-refractivity contribution in [3.8, 4) is 0 Å². The molecule has 2 N–H and O–H groups in total. The van der Waals surface area contributed by atoms with Gasteiger partial charge in [0.2, 0.25) is 15.9 Å². The monoisotopic (exact) mass is 306 g/mol. The lowest BCUT2D eigenvalue weighted by atomic mass is 10.3. The number of rotatable bonds is 7. The molecule has 0 aromatic heterocycles. The van der Waals surface area contributed by atoms with Gasteiger partial charge in [-0.1, -0.05) is 13.3 Å². The van der Waals surface area contributed by atoms with E-state index in [2.05, 4.69) is 10.0 Å². The van der Waals surface area contributed by atoms with Gasteiger partial charge >= 0.3 is 0 Å².